The fourth-order valence-corrected chi connectivity index (χ4v) is 6.30. The fourth-order valence-electron chi connectivity index (χ4n) is 6.30. The third kappa shape index (κ3) is 6.37. The van der Waals surface area contributed by atoms with Crippen LogP contribution in [0.2, 0.25) is 0 Å². The molecule has 5 heteroatoms. The molecule has 2 aromatic rings. The van der Waals surface area contributed by atoms with Crippen molar-refractivity contribution in [3.8, 4) is 0 Å². The smallest absolute Gasteiger partial charge is 0.248 e. The molecule has 1 aromatic heterocycles. The van der Waals surface area contributed by atoms with Gasteiger partial charge < -0.3 is 5.32 Å². The molecule has 0 amide bonds. The van der Waals surface area contributed by atoms with E-state index in [4.69, 9.17) is 4.98 Å². The summed E-state index contributed by atoms with van der Waals surface area (Å²) in [6.45, 7) is 2.74. The molecule has 1 aromatic carbocycles. The largest absolute Gasteiger partial charge is 0.311 e. The van der Waals surface area contributed by atoms with Crippen LogP contribution in [0.1, 0.15) is 73.4 Å². The van der Waals surface area contributed by atoms with Gasteiger partial charge in [-0.2, -0.15) is 0 Å². The van der Waals surface area contributed by atoms with Crippen LogP contribution in [0.3, 0.4) is 0 Å². The van der Waals surface area contributed by atoms with Crippen LogP contribution in [0, 0.1) is 5.92 Å². The van der Waals surface area contributed by atoms with Crippen LogP contribution < -0.4 is 5.32 Å². The van der Waals surface area contributed by atoms with Crippen LogP contribution in [0.5, 0.6) is 0 Å². The summed E-state index contributed by atoms with van der Waals surface area (Å²) < 4.78 is 26.8. The van der Waals surface area contributed by atoms with Gasteiger partial charge >= 0.3 is 0 Å². The Kier molecular flexibility index (Phi) is 7.94. The van der Waals surface area contributed by atoms with Crippen LogP contribution in [-0.2, 0) is 19.3 Å². The number of hydrogen-bond donors (Lipinski definition) is 1. The van der Waals surface area contributed by atoms with Crippen molar-refractivity contribution in [3.05, 3.63) is 77.1 Å². The first-order valence-corrected chi connectivity index (χ1v) is 13.6. The Morgan fingerprint density at radius 1 is 0.943 bits per heavy atom. The van der Waals surface area contributed by atoms with Crippen molar-refractivity contribution < 1.29 is 8.78 Å². The molecule has 3 aliphatic carbocycles. The molecule has 0 bridgehead atoms. The highest BCUT2D eigenvalue weighted by molar-refractivity contribution is 5.30. The summed E-state index contributed by atoms with van der Waals surface area (Å²) >= 11 is 0. The van der Waals surface area contributed by atoms with Crippen molar-refractivity contribution in [2.45, 2.75) is 82.2 Å². The molecule has 0 unspecified atom stereocenters. The Balaban J connectivity index is 1.22. The molecule has 0 saturated heterocycles. The molecule has 0 radical (unpaired) electrons. The van der Waals surface area contributed by atoms with Crippen molar-refractivity contribution in [2.75, 3.05) is 19.6 Å². The summed E-state index contributed by atoms with van der Waals surface area (Å²) in [5.41, 5.74) is 5.71. The average Bonchev–Trinajstić information content (AvgIpc) is 2.88. The maximum Gasteiger partial charge on any atom is 0.248 e. The third-order valence-corrected chi connectivity index (χ3v) is 8.30. The molecule has 1 saturated carbocycles. The van der Waals surface area contributed by atoms with E-state index in [0.717, 1.165) is 38.9 Å². The summed E-state index contributed by atoms with van der Waals surface area (Å²) in [5, 5.41) is 3.47. The molecule has 1 N–H and O–H groups in total. The number of alkyl halides is 2. The lowest BCUT2D eigenvalue weighted by Gasteiger charge is -2.37. The summed E-state index contributed by atoms with van der Waals surface area (Å²) in [4.78, 5) is 7.48. The number of halogens is 2. The van der Waals surface area contributed by atoms with Gasteiger partial charge in [-0.1, -0.05) is 42.5 Å². The lowest BCUT2D eigenvalue weighted by atomic mass is 9.83. The molecular weight excluding hydrogens is 440 g/mol. The van der Waals surface area contributed by atoms with E-state index in [1.807, 2.05) is 6.20 Å². The van der Waals surface area contributed by atoms with Gasteiger partial charge in [-0.3, -0.25) is 9.88 Å². The van der Waals surface area contributed by atoms with Gasteiger partial charge in [0.25, 0.3) is 0 Å². The zero-order chi connectivity index (χ0) is 24.1. The average molecular weight is 480 g/mol. The fraction of sp³-hybridized carbons (Fsp3) is 0.567. The third-order valence-electron chi connectivity index (χ3n) is 8.30. The Morgan fingerprint density at radius 2 is 1.74 bits per heavy atom. The Morgan fingerprint density at radius 3 is 2.60 bits per heavy atom. The zero-order valence-corrected chi connectivity index (χ0v) is 20.8. The van der Waals surface area contributed by atoms with E-state index < -0.39 is 5.92 Å². The van der Waals surface area contributed by atoms with E-state index in [9.17, 15) is 8.78 Å². The van der Waals surface area contributed by atoms with E-state index in [-0.39, 0.29) is 18.9 Å². The number of aromatic nitrogens is 1. The van der Waals surface area contributed by atoms with Crippen LogP contribution in [-0.4, -0.2) is 41.5 Å². The molecule has 3 aliphatic rings. The number of hydrogen-bond acceptors (Lipinski definition) is 3. The highest BCUT2D eigenvalue weighted by Crippen LogP contribution is 2.35. The lowest BCUT2D eigenvalue weighted by molar-refractivity contribution is -0.0401. The molecule has 2 atom stereocenters. The molecule has 0 spiro atoms. The minimum Gasteiger partial charge on any atom is -0.311 e. The van der Waals surface area contributed by atoms with Crippen molar-refractivity contribution in [1.29, 1.82) is 0 Å². The molecule has 1 heterocycles. The van der Waals surface area contributed by atoms with Crippen molar-refractivity contribution in [3.63, 3.8) is 0 Å². The minimum atomic E-state index is -2.46. The quantitative estimate of drug-likeness (QED) is 0.451. The molecule has 1 fully saturated rings. The number of benzene rings is 1. The second kappa shape index (κ2) is 11.3. The monoisotopic (exact) mass is 479 g/mol. The second-order valence-corrected chi connectivity index (χ2v) is 10.8. The minimum absolute atomic E-state index is 0.0146. The lowest BCUT2D eigenvalue weighted by Crippen LogP contribution is -2.38. The maximum atomic E-state index is 13.4. The van der Waals surface area contributed by atoms with Crippen molar-refractivity contribution >= 4 is 0 Å². The highest BCUT2D eigenvalue weighted by atomic mass is 19.3. The predicted molar refractivity (Wildman–Crippen MR) is 138 cm³/mol. The van der Waals surface area contributed by atoms with Crippen LogP contribution in [0.25, 0.3) is 0 Å². The summed E-state index contributed by atoms with van der Waals surface area (Å²) in [6.07, 6.45) is 14.7. The number of pyridine rings is 1. The molecule has 0 aliphatic heterocycles. The van der Waals surface area contributed by atoms with E-state index in [1.54, 1.807) is 0 Å². The topological polar surface area (TPSA) is 28.2 Å². The first kappa shape index (κ1) is 24.6. The van der Waals surface area contributed by atoms with Crippen LogP contribution >= 0.6 is 0 Å². The summed E-state index contributed by atoms with van der Waals surface area (Å²) in [6, 6.07) is 13.8. The molecular formula is C30H39F2N3. The number of nitrogens with one attached hydrogen (secondary N) is 1. The van der Waals surface area contributed by atoms with Gasteiger partial charge in [-0.05, 0) is 80.0 Å². The number of fused-ring (bicyclic) bond motifs is 2. The zero-order valence-electron chi connectivity index (χ0n) is 20.8. The Labute approximate surface area is 209 Å². The SMILES string of the molecule is FC1(F)CCC(NC/C=C/CN(C[C@@H]2CCc3ccccc3C2)[C@H]2CCCc3cccnc32)CC1. The van der Waals surface area contributed by atoms with Crippen molar-refractivity contribution in [2.24, 2.45) is 5.92 Å². The Bertz CT molecular complexity index is 995. The number of aryl methyl sites for hydroxylation is 2. The Hall–Kier alpha value is -2.11. The first-order valence-electron chi connectivity index (χ1n) is 13.6. The standard InChI is InChI=1S/C30H39F2N3/c31-30(32)16-14-27(15-17-30)33-18-3-4-20-35(28-11-5-9-25-10-6-19-34-29(25)28)22-23-12-13-24-7-1-2-8-26(24)21-23/h1-4,6-8,10,19,23,27-28,33H,5,9,11-18,20-22H2/b4-3+/t23-,28+/m1/s1. The first-order chi connectivity index (χ1) is 17.1. The van der Waals surface area contributed by atoms with E-state index >= 15 is 0 Å². The van der Waals surface area contributed by atoms with Gasteiger partial charge in [-0.15, -0.1) is 0 Å². The van der Waals surface area contributed by atoms with Gasteiger partial charge in [-0.25, -0.2) is 8.78 Å². The maximum absolute atomic E-state index is 13.4. The van der Waals surface area contributed by atoms with Gasteiger partial charge in [0, 0.05) is 44.7 Å². The summed E-state index contributed by atoms with van der Waals surface area (Å²) in [5.74, 6) is -1.80. The van der Waals surface area contributed by atoms with Crippen molar-refractivity contribution in [1.82, 2.24) is 15.2 Å². The molecule has 5 rings (SSSR count). The normalized spacial score (nSPS) is 24.4. The molecule has 3 nitrogen and oxygen atoms in total. The van der Waals surface area contributed by atoms with E-state index in [0.29, 0.717) is 24.8 Å². The molecule has 188 valence electrons. The predicted octanol–water partition coefficient (Wildman–Crippen LogP) is 6.29. The van der Waals surface area contributed by atoms with Gasteiger partial charge in [0.05, 0.1) is 11.7 Å². The van der Waals surface area contributed by atoms with Gasteiger partial charge in [0.1, 0.15) is 0 Å². The number of nitrogens with zero attached hydrogens (tertiary/aromatic N) is 2. The van der Waals surface area contributed by atoms with E-state index in [2.05, 4.69) is 58.8 Å². The van der Waals surface area contributed by atoms with E-state index in [1.165, 1.54) is 41.6 Å². The van der Waals surface area contributed by atoms with Crippen LogP contribution in [0.15, 0.2) is 54.7 Å². The second-order valence-electron chi connectivity index (χ2n) is 10.8. The highest BCUT2D eigenvalue weighted by Gasteiger charge is 2.34. The summed E-state index contributed by atoms with van der Waals surface area (Å²) in [7, 11) is 0. The number of rotatable bonds is 8. The van der Waals surface area contributed by atoms with Gasteiger partial charge in [0.15, 0.2) is 0 Å². The molecule has 35 heavy (non-hydrogen) atoms. The van der Waals surface area contributed by atoms with Crippen LogP contribution in [0.4, 0.5) is 8.78 Å². The van der Waals surface area contributed by atoms with Gasteiger partial charge in [0.2, 0.25) is 5.92 Å².